The molecule has 3 N–H and O–H groups in total. The molecule has 19 heavy (non-hydrogen) atoms. The Morgan fingerprint density at radius 2 is 2.32 bits per heavy atom. The molecule has 0 saturated carbocycles. The summed E-state index contributed by atoms with van der Waals surface area (Å²) in [5.74, 6) is -0.204. The van der Waals surface area contributed by atoms with Crippen LogP contribution in [0.5, 0.6) is 0 Å². The Morgan fingerprint density at radius 1 is 1.58 bits per heavy atom. The van der Waals surface area contributed by atoms with Crippen molar-refractivity contribution in [3.8, 4) is 0 Å². The van der Waals surface area contributed by atoms with Crippen molar-refractivity contribution in [3.63, 3.8) is 0 Å². The maximum Gasteiger partial charge on any atom is 0.218 e. The number of rotatable bonds is 6. The smallest absolute Gasteiger partial charge is 0.218 e. The van der Waals surface area contributed by atoms with E-state index in [1.54, 1.807) is 11.3 Å². The molecule has 0 spiro atoms. The van der Waals surface area contributed by atoms with E-state index in [0.717, 1.165) is 32.5 Å². The molecule has 0 radical (unpaired) electrons. The highest BCUT2D eigenvalue weighted by Crippen LogP contribution is 2.15. The van der Waals surface area contributed by atoms with Gasteiger partial charge < -0.3 is 16.0 Å². The van der Waals surface area contributed by atoms with Crippen LogP contribution in [0.2, 0.25) is 0 Å². The van der Waals surface area contributed by atoms with Gasteiger partial charge in [0.15, 0.2) is 0 Å². The van der Waals surface area contributed by atoms with Crippen molar-refractivity contribution in [2.24, 2.45) is 5.73 Å². The SMILES string of the molecule is CC(CC(N)=O)N1CCC(NCc2ccsc2)CC1. The van der Waals surface area contributed by atoms with Crippen molar-refractivity contribution in [1.82, 2.24) is 10.2 Å². The molecule has 1 aliphatic rings. The Morgan fingerprint density at radius 3 is 2.89 bits per heavy atom. The number of thiophene rings is 1. The zero-order valence-electron chi connectivity index (χ0n) is 11.5. The minimum Gasteiger partial charge on any atom is -0.370 e. The number of primary amides is 1. The largest absolute Gasteiger partial charge is 0.370 e. The number of carbonyl (C=O) groups is 1. The third-order valence-electron chi connectivity index (χ3n) is 3.82. The van der Waals surface area contributed by atoms with Crippen LogP contribution in [0.4, 0.5) is 0 Å². The number of carbonyl (C=O) groups excluding carboxylic acids is 1. The highest BCUT2D eigenvalue weighted by Gasteiger charge is 2.23. The van der Waals surface area contributed by atoms with Crippen LogP contribution < -0.4 is 11.1 Å². The summed E-state index contributed by atoms with van der Waals surface area (Å²) in [5, 5.41) is 7.92. The number of piperidine rings is 1. The molecule has 1 unspecified atom stereocenters. The first kappa shape index (κ1) is 14.5. The Bertz CT molecular complexity index is 385. The van der Waals surface area contributed by atoms with Crippen molar-refractivity contribution in [2.45, 2.75) is 44.8 Å². The molecule has 0 aromatic carbocycles. The van der Waals surface area contributed by atoms with E-state index in [9.17, 15) is 4.79 Å². The molecular weight excluding hydrogens is 258 g/mol. The van der Waals surface area contributed by atoms with Crippen LogP contribution >= 0.6 is 11.3 Å². The molecule has 1 aliphatic heterocycles. The van der Waals surface area contributed by atoms with Gasteiger partial charge >= 0.3 is 0 Å². The number of nitrogens with two attached hydrogens (primary N) is 1. The van der Waals surface area contributed by atoms with Crippen LogP contribution in [0.3, 0.4) is 0 Å². The van der Waals surface area contributed by atoms with Crippen LogP contribution in [0.15, 0.2) is 16.8 Å². The lowest BCUT2D eigenvalue weighted by molar-refractivity contribution is -0.119. The summed E-state index contributed by atoms with van der Waals surface area (Å²) in [6, 6.07) is 3.04. The van der Waals surface area contributed by atoms with E-state index in [-0.39, 0.29) is 11.9 Å². The highest BCUT2D eigenvalue weighted by molar-refractivity contribution is 7.07. The monoisotopic (exact) mass is 281 g/mol. The lowest BCUT2D eigenvalue weighted by atomic mass is 10.0. The molecule has 1 fully saturated rings. The van der Waals surface area contributed by atoms with Gasteiger partial charge in [-0.2, -0.15) is 11.3 Å². The fourth-order valence-electron chi connectivity index (χ4n) is 2.62. The average molecular weight is 281 g/mol. The second kappa shape index (κ2) is 7.03. The van der Waals surface area contributed by atoms with Gasteiger partial charge in [0.2, 0.25) is 5.91 Å². The lowest BCUT2D eigenvalue weighted by Crippen LogP contribution is -2.46. The fourth-order valence-corrected chi connectivity index (χ4v) is 3.29. The summed E-state index contributed by atoms with van der Waals surface area (Å²) in [6.07, 6.45) is 2.76. The number of amides is 1. The van der Waals surface area contributed by atoms with E-state index in [1.165, 1.54) is 5.56 Å². The molecule has 0 aliphatic carbocycles. The molecule has 4 nitrogen and oxygen atoms in total. The fraction of sp³-hybridized carbons (Fsp3) is 0.643. The predicted molar refractivity (Wildman–Crippen MR) is 79.0 cm³/mol. The molecule has 2 rings (SSSR count). The Hall–Kier alpha value is -0.910. The van der Waals surface area contributed by atoms with Crippen molar-refractivity contribution >= 4 is 17.2 Å². The molecule has 106 valence electrons. The van der Waals surface area contributed by atoms with Crippen LogP contribution in [-0.4, -0.2) is 36.0 Å². The minimum absolute atomic E-state index is 0.204. The standard InChI is InChI=1S/C14H23N3OS/c1-11(8-14(15)18)17-5-2-13(3-6-17)16-9-12-4-7-19-10-12/h4,7,10-11,13,16H,2-3,5-6,8-9H2,1H3,(H2,15,18). The van der Waals surface area contributed by atoms with Gasteiger partial charge in [0.05, 0.1) is 0 Å². The maximum absolute atomic E-state index is 10.9. The number of likely N-dealkylation sites (tertiary alicyclic amines) is 1. The first-order valence-electron chi connectivity index (χ1n) is 6.92. The van der Waals surface area contributed by atoms with E-state index < -0.39 is 0 Å². The van der Waals surface area contributed by atoms with E-state index >= 15 is 0 Å². The molecule has 1 atom stereocenters. The highest BCUT2D eigenvalue weighted by atomic mass is 32.1. The summed E-state index contributed by atoms with van der Waals surface area (Å²) >= 11 is 1.74. The summed E-state index contributed by atoms with van der Waals surface area (Å²) in [7, 11) is 0. The number of hydrogen-bond acceptors (Lipinski definition) is 4. The van der Waals surface area contributed by atoms with E-state index in [4.69, 9.17) is 5.73 Å². The summed E-state index contributed by atoms with van der Waals surface area (Å²) in [4.78, 5) is 13.3. The van der Waals surface area contributed by atoms with Gasteiger partial charge in [-0.15, -0.1) is 0 Å². The van der Waals surface area contributed by atoms with Crippen LogP contribution in [-0.2, 0) is 11.3 Å². The molecule has 5 heteroatoms. The van der Waals surface area contributed by atoms with Gasteiger partial charge in [-0.25, -0.2) is 0 Å². The van der Waals surface area contributed by atoms with Crippen LogP contribution in [0.1, 0.15) is 31.7 Å². The van der Waals surface area contributed by atoms with Gasteiger partial charge in [0.25, 0.3) is 0 Å². The van der Waals surface area contributed by atoms with Crippen molar-refractivity contribution in [3.05, 3.63) is 22.4 Å². The Balaban J connectivity index is 1.68. The Kier molecular flexibility index (Phi) is 5.36. The number of nitrogens with zero attached hydrogens (tertiary/aromatic N) is 1. The normalized spacial score (nSPS) is 19.4. The van der Waals surface area contributed by atoms with Gasteiger partial charge in [0.1, 0.15) is 0 Å². The van der Waals surface area contributed by atoms with Gasteiger partial charge in [-0.1, -0.05) is 0 Å². The molecule has 2 heterocycles. The van der Waals surface area contributed by atoms with E-state index in [2.05, 4.69) is 34.0 Å². The van der Waals surface area contributed by atoms with Crippen LogP contribution in [0.25, 0.3) is 0 Å². The van der Waals surface area contributed by atoms with Gasteiger partial charge in [0, 0.05) is 25.0 Å². The van der Waals surface area contributed by atoms with Gasteiger partial charge in [-0.05, 0) is 55.2 Å². The first-order valence-corrected chi connectivity index (χ1v) is 7.86. The van der Waals surface area contributed by atoms with Gasteiger partial charge in [-0.3, -0.25) is 4.79 Å². The van der Waals surface area contributed by atoms with Crippen molar-refractivity contribution < 1.29 is 4.79 Å². The Labute approximate surface area is 119 Å². The zero-order chi connectivity index (χ0) is 13.7. The molecular formula is C14H23N3OS. The molecule has 1 aromatic rings. The van der Waals surface area contributed by atoms with Crippen molar-refractivity contribution in [2.75, 3.05) is 13.1 Å². The summed E-state index contributed by atoms with van der Waals surface area (Å²) in [5.41, 5.74) is 6.62. The number of nitrogens with one attached hydrogen (secondary N) is 1. The van der Waals surface area contributed by atoms with Crippen LogP contribution in [0, 0.1) is 0 Å². The third-order valence-corrected chi connectivity index (χ3v) is 4.56. The van der Waals surface area contributed by atoms with Crippen molar-refractivity contribution in [1.29, 1.82) is 0 Å². The topological polar surface area (TPSA) is 58.4 Å². The quantitative estimate of drug-likeness (QED) is 0.832. The third kappa shape index (κ3) is 4.60. The second-order valence-electron chi connectivity index (χ2n) is 5.34. The molecule has 1 aromatic heterocycles. The molecule has 1 saturated heterocycles. The molecule has 1 amide bonds. The lowest BCUT2D eigenvalue weighted by Gasteiger charge is -2.36. The summed E-state index contributed by atoms with van der Waals surface area (Å²) in [6.45, 7) is 5.15. The zero-order valence-corrected chi connectivity index (χ0v) is 12.3. The minimum atomic E-state index is -0.204. The number of hydrogen-bond donors (Lipinski definition) is 2. The molecule has 0 bridgehead atoms. The predicted octanol–water partition coefficient (Wildman–Crippen LogP) is 1.57. The van der Waals surface area contributed by atoms with E-state index in [1.807, 2.05) is 0 Å². The average Bonchev–Trinajstić information content (AvgIpc) is 2.89. The maximum atomic E-state index is 10.9. The first-order chi connectivity index (χ1) is 9.15. The summed E-state index contributed by atoms with van der Waals surface area (Å²) < 4.78 is 0. The second-order valence-corrected chi connectivity index (χ2v) is 6.12. The van der Waals surface area contributed by atoms with E-state index in [0.29, 0.717) is 12.5 Å².